The van der Waals surface area contributed by atoms with E-state index < -0.39 is 25.5 Å². The van der Waals surface area contributed by atoms with Crippen molar-refractivity contribution in [1.29, 1.82) is 0 Å². The van der Waals surface area contributed by atoms with E-state index in [4.69, 9.17) is 14.8 Å². The lowest BCUT2D eigenvalue weighted by Crippen LogP contribution is -2.44. The summed E-state index contributed by atoms with van der Waals surface area (Å²) in [5.74, 6) is -0.971. The van der Waals surface area contributed by atoms with Crippen LogP contribution in [-0.2, 0) is 31.0 Å². The fourth-order valence-corrected chi connectivity index (χ4v) is 4.69. The number of aryl methyl sites for hydroxylation is 1. The number of rotatable bonds is 12. The van der Waals surface area contributed by atoms with Gasteiger partial charge in [0.1, 0.15) is 6.04 Å². The minimum absolute atomic E-state index is 0.123. The molecule has 3 N–H and O–H groups in total. The maximum Gasteiger partial charge on any atom is 0.335 e. The zero-order valence-corrected chi connectivity index (χ0v) is 18.3. The summed E-state index contributed by atoms with van der Waals surface area (Å²) >= 11 is 0. The average Bonchev–Trinajstić information content (AvgIpc) is 2.72. The van der Waals surface area contributed by atoms with Gasteiger partial charge in [0.2, 0.25) is 5.91 Å². The highest BCUT2D eigenvalue weighted by molar-refractivity contribution is 7.53. The van der Waals surface area contributed by atoms with E-state index in [0.717, 1.165) is 11.1 Å². The number of nitrogens with two attached hydrogens (primary N) is 1. The number of nitrogens with one attached hydrogen (secondary N) is 1. The van der Waals surface area contributed by atoms with Crippen molar-refractivity contribution in [3.63, 3.8) is 0 Å². The molecule has 0 fully saturated rings. The highest BCUT2D eigenvalue weighted by Crippen LogP contribution is 2.51. The van der Waals surface area contributed by atoms with Gasteiger partial charge in [-0.1, -0.05) is 42.5 Å². The minimum Gasteiger partial charge on any atom is -0.368 e. The summed E-state index contributed by atoms with van der Waals surface area (Å²) in [6.07, 6.45) is 1.16. The summed E-state index contributed by atoms with van der Waals surface area (Å²) in [7, 11) is -3.22. The van der Waals surface area contributed by atoms with E-state index in [0.29, 0.717) is 18.4 Å². The minimum atomic E-state index is -3.22. The van der Waals surface area contributed by atoms with Crippen LogP contribution in [0.5, 0.6) is 0 Å². The Morgan fingerprint density at radius 3 is 2.10 bits per heavy atom. The first-order valence-corrected chi connectivity index (χ1v) is 11.7. The predicted octanol–water partition coefficient (Wildman–Crippen LogP) is 3.67. The highest BCUT2D eigenvalue weighted by atomic mass is 31.2. The van der Waals surface area contributed by atoms with Gasteiger partial charge in [0.25, 0.3) is 5.91 Å². The molecule has 2 aromatic rings. The predicted molar refractivity (Wildman–Crippen MR) is 116 cm³/mol. The van der Waals surface area contributed by atoms with Crippen LogP contribution in [0.4, 0.5) is 0 Å². The monoisotopic (exact) mass is 432 g/mol. The molecule has 30 heavy (non-hydrogen) atoms. The Morgan fingerprint density at radius 1 is 0.967 bits per heavy atom. The molecule has 0 bridgehead atoms. The first kappa shape index (κ1) is 23.8. The van der Waals surface area contributed by atoms with Crippen LogP contribution in [0.3, 0.4) is 0 Å². The third kappa shape index (κ3) is 7.41. The molecule has 2 rings (SSSR count). The van der Waals surface area contributed by atoms with Gasteiger partial charge in [0, 0.05) is 5.56 Å². The zero-order valence-electron chi connectivity index (χ0n) is 17.4. The first-order chi connectivity index (χ1) is 14.4. The molecule has 2 amide bonds. The molecule has 0 aliphatic carbocycles. The number of primary amides is 1. The van der Waals surface area contributed by atoms with Crippen molar-refractivity contribution >= 4 is 19.4 Å². The number of carbonyl (C=O) groups is 2. The van der Waals surface area contributed by atoms with Crippen molar-refractivity contribution in [3.8, 4) is 0 Å². The van der Waals surface area contributed by atoms with Crippen molar-refractivity contribution in [2.24, 2.45) is 5.73 Å². The fraction of sp³-hybridized carbons (Fsp3) is 0.364. The number of hydrogen-bond donors (Lipinski definition) is 2. The lowest BCUT2D eigenvalue weighted by atomic mass is 10.0. The third-order valence-corrected chi connectivity index (χ3v) is 6.51. The summed E-state index contributed by atoms with van der Waals surface area (Å²) in [5, 5.41) is 2.69. The van der Waals surface area contributed by atoms with Crippen LogP contribution < -0.4 is 11.1 Å². The van der Waals surface area contributed by atoms with Crippen LogP contribution in [-0.4, -0.2) is 31.1 Å². The molecule has 0 saturated heterocycles. The fourth-order valence-electron chi connectivity index (χ4n) is 2.99. The zero-order chi connectivity index (χ0) is 22.0. The highest BCUT2D eigenvalue weighted by Gasteiger charge is 2.24. The Balaban J connectivity index is 1.99. The summed E-state index contributed by atoms with van der Waals surface area (Å²) in [5.41, 5.74) is 7.64. The second-order valence-electron chi connectivity index (χ2n) is 6.75. The maximum absolute atomic E-state index is 12.6. The molecule has 0 spiro atoms. The molecule has 0 unspecified atom stereocenters. The molecule has 7 nitrogen and oxygen atoms in total. The molecule has 8 heteroatoms. The molecule has 0 saturated carbocycles. The summed E-state index contributed by atoms with van der Waals surface area (Å²) in [6.45, 7) is 4.09. The Bertz CT molecular complexity index is 861. The van der Waals surface area contributed by atoms with E-state index in [1.165, 1.54) is 0 Å². The molecule has 0 aromatic heterocycles. The SMILES string of the molecule is CCOP(=O)(Cc1ccc(C(=O)N[C@@H](CCc2ccccc2)C(N)=O)cc1)OCC. The standard InChI is InChI=1S/C22H29N2O5P/c1-3-28-30(27,29-4-2)16-18-10-13-19(14-11-18)22(26)24-20(21(23)25)15-12-17-8-6-5-7-9-17/h5-11,13-14,20H,3-4,12,15-16H2,1-2H3,(H2,23,25)(H,24,26)/t20-/m0/s1. The van der Waals surface area contributed by atoms with E-state index in [9.17, 15) is 14.2 Å². The van der Waals surface area contributed by atoms with Crippen molar-refractivity contribution < 1.29 is 23.2 Å². The van der Waals surface area contributed by atoms with Crippen LogP contribution in [0.15, 0.2) is 54.6 Å². The third-order valence-electron chi connectivity index (χ3n) is 4.46. The van der Waals surface area contributed by atoms with Crippen molar-refractivity contribution in [1.82, 2.24) is 5.32 Å². The molecule has 162 valence electrons. The largest absolute Gasteiger partial charge is 0.368 e. The van der Waals surface area contributed by atoms with Gasteiger partial charge in [-0.15, -0.1) is 0 Å². The molecule has 1 atom stereocenters. The van der Waals surface area contributed by atoms with Gasteiger partial charge < -0.3 is 20.1 Å². The first-order valence-electron chi connectivity index (χ1n) is 9.98. The Hall–Kier alpha value is -2.47. The normalized spacial score (nSPS) is 12.3. The number of amides is 2. The van der Waals surface area contributed by atoms with Gasteiger partial charge in [0.15, 0.2) is 0 Å². The van der Waals surface area contributed by atoms with Gasteiger partial charge in [-0.25, -0.2) is 0 Å². The molecule has 0 aliphatic heterocycles. The summed E-state index contributed by atoms with van der Waals surface area (Å²) in [6, 6.07) is 15.5. The van der Waals surface area contributed by atoms with Crippen molar-refractivity contribution in [2.75, 3.05) is 13.2 Å². The average molecular weight is 432 g/mol. The van der Waals surface area contributed by atoms with Gasteiger partial charge in [0.05, 0.1) is 19.4 Å². The van der Waals surface area contributed by atoms with Crippen LogP contribution in [0, 0.1) is 0 Å². The maximum atomic E-state index is 12.6. The van der Waals surface area contributed by atoms with E-state index in [2.05, 4.69) is 5.32 Å². The van der Waals surface area contributed by atoms with Crippen molar-refractivity contribution in [3.05, 3.63) is 71.3 Å². The van der Waals surface area contributed by atoms with Gasteiger partial charge in [-0.05, 0) is 49.9 Å². The van der Waals surface area contributed by atoms with Crippen molar-refractivity contribution in [2.45, 2.75) is 38.9 Å². The Morgan fingerprint density at radius 2 is 1.57 bits per heavy atom. The molecular weight excluding hydrogens is 403 g/mol. The second-order valence-corrected chi connectivity index (χ2v) is 8.81. The smallest absolute Gasteiger partial charge is 0.335 e. The molecular formula is C22H29N2O5P. The number of carbonyl (C=O) groups excluding carboxylic acids is 2. The molecule has 0 heterocycles. The molecule has 0 aliphatic rings. The number of benzene rings is 2. The van der Waals surface area contributed by atoms with Crippen LogP contribution in [0.25, 0.3) is 0 Å². The van der Waals surface area contributed by atoms with Crippen LogP contribution in [0.1, 0.15) is 41.8 Å². The topological polar surface area (TPSA) is 108 Å². The lowest BCUT2D eigenvalue weighted by Gasteiger charge is -2.17. The summed E-state index contributed by atoms with van der Waals surface area (Å²) < 4.78 is 23.2. The van der Waals surface area contributed by atoms with E-state index in [-0.39, 0.29) is 19.4 Å². The second kappa shape index (κ2) is 11.6. The van der Waals surface area contributed by atoms with Crippen LogP contribution >= 0.6 is 7.60 Å². The van der Waals surface area contributed by atoms with E-state index in [1.54, 1.807) is 38.1 Å². The lowest BCUT2D eigenvalue weighted by molar-refractivity contribution is -0.120. The Kier molecular flexibility index (Phi) is 9.24. The summed E-state index contributed by atoms with van der Waals surface area (Å²) in [4.78, 5) is 24.3. The Labute approximate surface area is 177 Å². The quantitative estimate of drug-likeness (QED) is 0.498. The number of hydrogen-bond acceptors (Lipinski definition) is 5. The van der Waals surface area contributed by atoms with Gasteiger partial charge >= 0.3 is 7.60 Å². The van der Waals surface area contributed by atoms with E-state index in [1.807, 2.05) is 30.3 Å². The van der Waals surface area contributed by atoms with Gasteiger partial charge in [-0.2, -0.15) is 0 Å². The van der Waals surface area contributed by atoms with E-state index >= 15 is 0 Å². The van der Waals surface area contributed by atoms with Gasteiger partial charge in [-0.3, -0.25) is 14.2 Å². The molecule has 2 aromatic carbocycles. The van der Waals surface area contributed by atoms with Crippen LogP contribution in [0.2, 0.25) is 0 Å². The molecule has 0 radical (unpaired) electrons.